The number of piperidine rings is 1. The van der Waals surface area contributed by atoms with Crippen LogP contribution in [-0.4, -0.2) is 30.9 Å². The number of nitrogens with one attached hydrogen (secondary N) is 2. The smallest absolute Gasteiger partial charge is 0.253 e. The van der Waals surface area contributed by atoms with Gasteiger partial charge in [0, 0.05) is 36.9 Å². The molecule has 1 aromatic rings. The Balaban J connectivity index is 1.72. The Labute approximate surface area is 188 Å². The molecule has 1 aliphatic heterocycles. The SMILES string of the molecule is CCCCCCC(=O)Nc1ccc(N2CCC(C)CC2)c(C(=O)NC2CCCCC2)c1. The average molecular weight is 428 g/mol. The fraction of sp³-hybridized carbons (Fsp3) is 0.692. The summed E-state index contributed by atoms with van der Waals surface area (Å²) in [6.45, 7) is 6.43. The van der Waals surface area contributed by atoms with Gasteiger partial charge >= 0.3 is 0 Å². The maximum atomic E-state index is 13.3. The first-order valence-corrected chi connectivity index (χ1v) is 12.6. The predicted molar refractivity (Wildman–Crippen MR) is 129 cm³/mol. The van der Waals surface area contributed by atoms with Crippen LogP contribution in [0.25, 0.3) is 0 Å². The van der Waals surface area contributed by atoms with Crippen LogP contribution in [0.5, 0.6) is 0 Å². The van der Waals surface area contributed by atoms with Crippen molar-refractivity contribution < 1.29 is 9.59 Å². The topological polar surface area (TPSA) is 61.4 Å². The van der Waals surface area contributed by atoms with Gasteiger partial charge in [-0.05, 0) is 56.2 Å². The zero-order valence-electron chi connectivity index (χ0n) is 19.5. The number of hydrogen-bond donors (Lipinski definition) is 2. The summed E-state index contributed by atoms with van der Waals surface area (Å²) < 4.78 is 0. The van der Waals surface area contributed by atoms with Crippen molar-refractivity contribution >= 4 is 23.2 Å². The number of rotatable bonds is 9. The van der Waals surface area contributed by atoms with Crippen LogP contribution in [0, 0.1) is 5.92 Å². The summed E-state index contributed by atoms with van der Waals surface area (Å²) in [5, 5.41) is 6.29. The van der Waals surface area contributed by atoms with Crippen LogP contribution < -0.4 is 15.5 Å². The molecule has 0 radical (unpaired) electrons. The zero-order valence-corrected chi connectivity index (χ0v) is 19.5. The highest BCUT2D eigenvalue weighted by Gasteiger charge is 2.24. The lowest BCUT2D eigenvalue weighted by Crippen LogP contribution is -2.38. The monoisotopic (exact) mass is 427 g/mol. The maximum absolute atomic E-state index is 13.3. The molecule has 3 rings (SSSR count). The highest BCUT2D eigenvalue weighted by molar-refractivity contribution is 6.02. The fourth-order valence-corrected chi connectivity index (χ4v) is 4.77. The van der Waals surface area contributed by atoms with Gasteiger partial charge < -0.3 is 15.5 Å². The summed E-state index contributed by atoms with van der Waals surface area (Å²) in [4.78, 5) is 28.0. The van der Waals surface area contributed by atoms with Crippen LogP contribution in [0.15, 0.2) is 18.2 Å². The molecule has 0 spiro atoms. The minimum Gasteiger partial charge on any atom is -0.371 e. The van der Waals surface area contributed by atoms with Crippen molar-refractivity contribution in [3.05, 3.63) is 23.8 Å². The Morgan fingerprint density at radius 1 is 1.00 bits per heavy atom. The number of unbranched alkanes of at least 4 members (excludes halogenated alkanes) is 3. The van der Waals surface area contributed by atoms with E-state index in [4.69, 9.17) is 0 Å². The van der Waals surface area contributed by atoms with Crippen LogP contribution in [0.2, 0.25) is 0 Å². The van der Waals surface area contributed by atoms with Gasteiger partial charge in [-0.25, -0.2) is 0 Å². The van der Waals surface area contributed by atoms with Crippen molar-refractivity contribution in [1.82, 2.24) is 5.32 Å². The molecule has 2 fully saturated rings. The van der Waals surface area contributed by atoms with Crippen LogP contribution >= 0.6 is 0 Å². The van der Waals surface area contributed by atoms with E-state index in [9.17, 15) is 9.59 Å². The van der Waals surface area contributed by atoms with Crippen LogP contribution in [0.3, 0.4) is 0 Å². The number of amides is 2. The Kier molecular flexibility index (Phi) is 9.23. The number of benzene rings is 1. The van der Waals surface area contributed by atoms with E-state index < -0.39 is 0 Å². The van der Waals surface area contributed by atoms with E-state index in [1.807, 2.05) is 18.2 Å². The standard InChI is InChI=1S/C26H41N3O2/c1-3-4-5-9-12-25(30)27-22-13-14-24(29-17-15-20(2)16-18-29)23(19-22)26(31)28-21-10-7-6-8-11-21/h13-14,19-21H,3-12,15-18H2,1-2H3,(H,27,30)(H,28,31). The molecule has 0 atom stereocenters. The normalized spacial score (nSPS) is 18.1. The second kappa shape index (κ2) is 12.1. The third kappa shape index (κ3) is 7.26. The minimum atomic E-state index is -0.000401. The number of anilines is 2. The molecule has 5 heteroatoms. The quantitative estimate of drug-likeness (QED) is 0.483. The van der Waals surface area contributed by atoms with Gasteiger partial charge in [-0.2, -0.15) is 0 Å². The number of carbonyl (C=O) groups is 2. The van der Waals surface area contributed by atoms with Crippen LogP contribution in [0.1, 0.15) is 101 Å². The summed E-state index contributed by atoms with van der Waals surface area (Å²) >= 11 is 0. The van der Waals surface area contributed by atoms with Crippen molar-refractivity contribution in [1.29, 1.82) is 0 Å². The van der Waals surface area contributed by atoms with Crippen LogP contribution in [0.4, 0.5) is 11.4 Å². The second-order valence-electron chi connectivity index (χ2n) is 9.57. The van der Waals surface area contributed by atoms with E-state index in [0.717, 1.165) is 75.3 Å². The molecule has 1 heterocycles. The van der Waals surface area contributed by atoms with E-state index in [2.05, 4.69) is 29.4 Å². The van der Waals surface area contributed by atoms with Crippen molar-refractivity contribution in [2.75, 3.05) is 23.3 Å². The van der Waals surface area contributed by atoms with Gasteiger partial charge in [0.25, 0.3) is 5.91 Å². The molecule has 31 heavy (non-hydrogen) atoms. The van der Waals surface area contributed by atoms with E-state index in [0.29, 0.717) is 12.0 Å². The van der Waals surface area contributed by atoms with Crippen molar-refractivity contribution in [2.45, 2.75) is 96.9 Å². The van der Waals surface area contributed by atoms with E-state index in [1.54, 1.807) is 0 Å². The molecular weight excluding hydrogens is 386 g/mol. The van der Waals surface area contributed by atoms with Gasteiger partial charge in [-0.1, -0.05) is 52.4 Å². The molecular formula is C26H41N3O2. The molecule has 1 saturated heterocycles. The summed E-state index contributed by atoms with van der Waals surface area (Å²) in [5.41, 5.74) is 2.42. The highest BCUT2D eigenvalue weighted by Crippen LogP contribution is 2.29. The molecule has 0 bridgehead atoms. The predicted octanol–water partition coefficient (Wildman–Crippen LogP) is 5.89. The molecule has 0 unspecified atom stereocenters. The lowest BCUT2D eigenvalue weighted by molar-refractivity contribution is -0.116. The largest absolute Gasteiger partial charge is 0.371 e. The summed E-state index contributed by atoms with van der Waals surface area (Å²) in [5.74, 6) is 0.774. The molecule has 5 nitrogen and oxygen atoms in total. The summed E-state index contributed by atoms with van der Waals surface area (Å²) in [6.07, 6.45) is 13.0. The van der Waals surface area contributed by atoms with E-state index in [1.165, 1.54) is 25.7 Å². The number of nitrogens with zero attached hydrogens (tertiary/aromatic N) is 1. The average Bonchev–Trinajstić information content (AvgIpc) is 2.78. The first-order chi connectivity index (χ1) is 15.1. The minimum absolute atomic E-state index is 0.000401. The van der Waals surface area contributed by atoms with Gasteiger partial charge in [-0.15, -0.1) is 0 Å². The molecule has 1 aromatic carbocycles. The lowest BCUT2D eigenvalue weighted by Gasteiger charge is -2.34. The Morgan fingerprint density at radius 2 is 1.74 bits per heavy atom. The summed E-state index contributed by atoms with van der Waals surface area (Å²) in [6, 6.07) is 6.13. The van der Waals surface area contributed by atoms with E-state index >= 15 is 0 Å². The molecule has 0 aromatic heterocycles. The zero-order chi connectivity index (χ0) is 22.1. The third-order valence-electron chi connectivity index (χ3n) is 6.85. The molecule has 1 aliphatic carbocycles. The molecule has 2 N–H and O–H groups in total. The third-order valence-corrected chi connectivity index (χ3v) is 6.85. The fourth-order valence-electron chi connectivity index (χ4n) is 4.77. The van der Waals surface area contributed by atoms with Gasteiger partial charge in [0.15, 0.2) is 0 Å². The first-order valence-electron chi connectivity index (χ1n) is 12.6. The van der Waals surface area contributed by atoms with Crippen molar-refractivity contribution in [3.63, 3.8) is 0 Å². The first kappa shape index (κ1) is 23.6. The highest BCUT2D eigenvalue weighted by atomic mass is 16.2. The molecule has 172 valence electrons. The van der Waals surface area contributed by atoms with Crippen molar-refractivity contribution in [2.24, 2.45) is 5.92 Å². The Bertz CT molecular complexity index is 719. The Hall–Kier alpha value is -2.04. The van der Waals surface area contributed by atoms with Crippen LogP contribution in [-0.2, 0) is 4.79 Å². The van der Waals surface area contributed by atoms with E-state index in [-0.39, 0.29) is 17.9 Å². The van der Waals surface area contributed by atoms with Gasteiger partial charge in [0.2, 0.25) is 5.91 Å². The lowest BCUT2D eigenvalue weighted by atomic mass is 9.95. The molecule has 1 saturated carbocycles. The molecule has 2 amide bonds. The Morgan fingerprint density at radius 3 is 2.45 bits per heavy atom. The number of carbonyl (C=O) groups excluding carboxylic acids is 2. The van der Waals surface area contributed by atoms with Gasteiger partial charge in [0.05, 0.1) is 5.56 Å². The number of hydrogen-bond acceptors (Lipinski definition) is 3. The van der Waals surface area contributed by atoms with Gasteiger partial charge in [0.1, 0.15) is 0 Å². The summed E-state index contributed by atoms with van der Waals surface area (Å²) in [7, 11) is 0. The second-order valence-corrected chi connectivity index (χ2v) is 9.57. The molecule has 2 aliphatic rings. The maximum Gasteiger partial charge on any atom is 0.253 e. The van der Waals surface area contributed by atoms with Gasteiger partial charge in [-0.3, -0.25) is 9.59 Å². The van der Waals surface area contributed by atoms with Crippen molar-refractivity contribution in [3.8, 4) is 0 Å².